The number of amides is 1. The van der Waals surface area contributed by atoms with Crippen LogP contribution in [0.2, 0.25) is 5.02 Å². The number of rotatable bonds is 7. The van der Waals surface area contributed by atoms with Crippen molar-refractivity contribution < 1.29 is 22.4 Å². The van der Waals surface area contributed by atoms with E-state index in [1.807, 2.05) is 20.8 Å². The maximum atomic E-state index is 13.6. The van der Waals surface area contributed by atoms with E-state index in [0.29, 0.717) is 28.5 Å². The number of guanidine groups is 1. The maximum Gasteiger partial charge on any atom is 0.297 e. The molecule has 1 aliphatic heterocycles. The second-order valence-electron chi connectivity index (χ2n) is 8.55. The van der Waals surface area contributed by atoms with E-state index in [2.05, 4.69) is 20.1 Å². The van der Waals surface area contributed by atoms with Crippen molar-refractivity contribution in [2.24, 2.45) is 10.7 Å². The van der Waals surface area contributed by atoms with Crippen molar-refractivity contribution in [3.05, 3.63) is 82.5 Å². The van der Waals surface area contributed by atoms with E-state index in [9.17, 15) is 22.4 Å². The van der Waals surface area contributed by atoms with Crippen LogP contribution in [0.4, 0.5) is 17.6 Å². The number of halogens is 5. The number of hydrogen-bond acceptors (Lipinski definition) is 6. The van der Waals surface area contributed by atoms with Crippen LogP contribution >= 0.6 is 11.6 Å². The lowest BCUT2D eigenvalue weighted by Gasteiger charge is -2.28. The smallest absolute Gasteiger partial charge is 0.297 e. The molecule has 0 radical (unpaired) electrons. The lowest BCUT2D eigenvalue weighted by atomic mass is 10.00. The summed E-state index contributed by atoms with van der Waals surface area (Å²) < 4.78 is 53.8. The molecule has 0 saturated carbocycles. The fourth-order valence-corrected chi connectivity index (χ4v) is 4.73. The van der Waals surface area contributed by atoms with Gasteiger partial charge in [-0.15, -0.1) is 0 Å². The fraction of sp³-hybridized carbons (Fsp3) is 0.296. The van der Waals surface area contributed by atoms with Crippen LogP contribution in [0.15, 0.2) is 59.9 Å². The van der Waals surface area contributed by atoms with Crippen LogP contribution in [0.5, 0.6) is 0 Å². The van der Waals surface area contributed by atoms with Gasteiger partial charge in [-0.05, 0) is 47.9 Å². The molecule has 2 N–H and O–H groups in total. The molecular formula is C27H26ClF4N7O. The number of aliphatic imine (C=N–C) groups is 1. The number of carbonyl (C=O) groups is 1. The molecule has 2 atom stereocenters. The molecule has 2 aromatic heterocycles. The Morgan fingerprint density at radius 3 is 2.45 bits per heavy atom. The van der Waals surface area contributed by atoms with Crippen LogP contribution < -0.4 is 5.73 Å². The Hall–Kier alpha value is -4.06. The summed E-state index contributed by atoms with van der Waals surface area (Å²) in [6.45, 7) is 5.84. The summed E-state index contributed by atoms with van der Waals surface area (Å²) in [5, 5.41) is 4.62. The number of nitrogens with zero attached hydrogens (tertiary/aromatic N) is 6. The summed E-state index contributed by atoms with van der Waals surface area (Å²) in [5.41, 5.74) is 7.52. The highest BCUT2D eigenvalue weighted by molar-refractivity contribution is 6.32. The van der Waals surface area contributed by atoms with Crippen molar-refractivity contribution >= 4 is 34.4 Å². The predicted molar refractivity (Wildman–Crippen MR) is 144 cm³/mol. The molecule has 40 heavy (non-hydrogen) atoms. The van der Waals surface area contributed by atoms with Gasteiger partial charge < -0.3 is 5.73 Å². The molecule has 0 aliphatic carbocycles. The molecule has 0 bridgehead atoms. The molecule has 3 heterocycles. The van der Waals surface area contributed by atoms with Gasteiger partial charge in [0.25, 0.3) is 18.8 Å². The van der Waals surface area contributed by atoms with Crippen LogP contribution in [0.3, 0.4) is 0 Å². The van der Waals surface area contributed by atoms with Gasteiger partial charge in [0.15, 0.2) is 17.8 Å². The van der Waals surface area contributed by atoms with E-state index < -0.39 is 36.7 Å². The molecule has 210 valence electrons. The number of aromatic nitrogens is 4. The first-order valence-corrected chi connectivity index (χ1v) is 12.9. The second-order valence-corrected chi connectivity index (χ2v) is 8.96. The van der Waals surface area contributed by atoms with Gasteiger partial charge in [0, 0.05) is 5.39 Å². The first-order valence-electron chi connectivity index (χ1n) is 12.5. The molecule has 0 spiro atoms. The monoisotopic (exact) mass is 575 g/mol. The molecule has 2 aromatic carbocycles. The summed E-state index contributed by atoms with van der Waals surface area (Å²) in [6, 6.07) is 10.8. The third-order valence-corrected chi connectivity index (χ3v) is 6.62. The first kappa shape index (κ1) is 28.9. The van der Waals surface area contributed by atoms with Gasteiger partial charge in [0.1, 0.15) is 12.0 Å². The minimum atomic E-state index is -2.87. The topological polar surface area (TPSA) is 102 Å². The van der Waals surface area contributed by atoms with Gasteiger partial charge in [-0.1, -0.05) is 50.6 Å². The highest BCUT2D eigenvalue weighted by Crippen LogP contribution is 2.36. The normalized spacial score (nSPS) is 15.9. The van der Waals surface area contributed by atoms with Gasteiger partial charge in [-0.2, -0.15) is 5.10 Å². The number of nitrogens with two attached hydrogens (primary N) is 1. The zero-order chi connectivity index (χ0) is 29.1. The van der Waals surface area contributed by atoms with Gasteiger partial charge in [-0.3, -0.25) is 9.69 Å². The van der Waals surface area contributed by atoms with Crippen molar-refractivity contribution in [2.75, 3.05) is 0 Å². The summed E-state index contributed by atoms with van der Waals surface area (Å²) in [6.07, 6.45) is -4.14. The quantitative estimate of drug-likeness (QED) is 0.246. The van der Waals surface area contributed by atoms with Crippen molar-refractivity contribution in [3.8, 4) is 5.69 Å². The zero-order valence-corrected chi connectivity index (χ0v) is 22.5. The van der Waals surface area contributed by atoms with Crippen LogP contribution in [-0.4, -0.2) is 36.5 Å². The highest BCUT2D eigenvalue weighted by atomic mass is 35.5. The number of alkyl halides is 4. The number of pyridine rings is 1. The molecule has 0 fully saturated rings. The minimum absolute atomic E-state index is 0.0105. The van der Waals surface area contributed by atoms with E-state index in [1.54, 1.807) is 30.3 Å². The third-order valence-electron chi connectivity index (χ3n) is 6.30. The molecule has 8 nitrogen and oxygen atoms in total. The Kier molecular flexibility index (Phi) is 8.67. The van der Waals surface area contributed by atoms with Gasteiger partial charge in [-0.25, -0.2) is 37.2 Å². The van der Waals surface area contributed by atoms with E-state index >= 15 is 0 Å². The average Bonchev–Trinajstić information content (AvgIpc) is 3.56. The lowest BCUT2D eigenvalue weighted by molar-refractivity contribution is -0.129. The number of hydrogen-bond donors (Lipinski definition) is 1. The minimum Gasteiger partial charge on any atom is -0.369 e. The van der Waals surface area contributed by atoms with Gasteiger partial charge >= 0.3 is 0 Å². The molecule has 0 saturated heterocycles. The maximum absolute atomic E-state index is 13.6. The largest absolute Gasteiger partial charge is 0.369 e. The Bertz CT molecular complexity index is 1560. The molecule has 4 aromatic rings. The summed E-state index contributed by atoms with van der Waals surface area (Å²) in [7, 11) is 0. The van der Waals surface area contributed by atoms with Crippen molar-refractivity contribution in [3.63, 3.8) is 0 Å². The Balaban J connectivity index is 0.00000181. The summed E-state index contributed by atoms with van der Waals surface area (Å²) in [4.78, 5) is 26.8. The van der Waals surface area contributed by atoms with Crippen LogP contribution in [0.1, 0.15) is 74.8 Å². The SMILES string of the molecule is CC.CC[C@H](c1ccc(Cl)c(-n2ncnc2C(F)F)c1)N1C(=O)[C@@H](c2ccc3nc(C(F)F)ccc3c2)N=C1N. The van der Waals surface area contributed by atoms with E-state index in [-0.39, 0.29) is 22.4 Å². The highest BCUT2D eigenvalue weighted by Gasteiger charge is 2.39. The summed E-state index contributed by atoms with van der Waals surface area (Å²) in [5.74, 6) is -0.970. The fourth-order valence-electron chi connectivity index (χ4n) is 4.53. The van der Waals surface area contributed by atoms with Gasteiger partial charge in [0.05, 0.1) is 22.3 Å². The molecule has 0 unspecified atom stereocenters. The zero-order valence-electron chi connectivity index (χ0n) is 21.8. The van der Waals surface area contributed by atoms with Gasteiger partial charge in [0.2, 0.25) is 0 Å². The number of fused-ring (bicyclic) bond motifs is 1. The second kappa shape index (κ2) is 12.0. The summed E-state index contributed by atoms with van der Waals surface area (Å²) >= 11 is 6.30. The van der Waals surface area contributed by atoms with Crippen LogP contribution in [0, 0.1) is 0 Å². The number of carbonyl (C=O) groups excluding carboxylic acids is 1. The Labute approximate surface area is 232 Å². The molecule has 1 aliphatic rings. The average molecular weight is 576 g/mol. The standard InChI is InChI=1S/C25H20ClF4N7O.C2H6/c1-2-18(13-3-6-15(26)19(10-13)37-23(22(29)30)32-11-33-37)36-24(38)20(35-25(36)31)14-5-7-16-12(9-14)4-8-17(34-16)21(27)28;1-2/h3-11,18,20-22H,2H2,1H3,(H2,31,35);1-2H3/t18-,20-;/m1./s1. The van der Waals surface area contributed by atoms with Crippen molar-refractivity contribution in [2.45, 2.75) is 52.1 Å². The Morgan fingerprint density at radius 2 is 1.77 bits per heavy atom. The first-order chi connectivity index (χ1) is 19.2. The predicted octanol–water partition coefficient (Wildman–Crippen LogP) is 6.72. The molecule has 1 amide bonds. The molecular weight excluding hydrogens is 550 g/mol. The van der Waals surface area contributed by atoms with E-state index in [1.165, 1.54) is 23.1 Å². The van der Waals surface area contributed by atoms with Crippen LogP contribution in [0.25, 0.3) is 16.6 Å². The third kappa shape index (κ3) is 5.35. The van der Waals surface area contributed by atoms with Crippen molar-refractivity contribution in [1.82, 2.24) is 24.6 Å². The lowest BCUT2D eigenvalue weighted by Crippen LogP contribution is -2.40. The Morgan fingerprint density at radius 1 is 1.02 bits per heavy atom. The molecule has 13 heteroatoms. The van der Waals surface area contributed by atoms with E-state index in [0.717, 1.165) is 11.0 Å². The number of benzene rings is 2. The molecule has 5 rings (SSSR count). The van der Waals surface area contributed by atoms with Crippen molar-refractivity contribution in [1.29, 1.82) is 0 Å². The van der Waals surface area contributed by atoms with E-state index in [4.69, 9.17) is 17.3 Å². The van der Waals surface area contributed by atoms with Crippen LogP contribution in [-0.2, 0) is 4.79 Å².